The lowest BCUT2D eigenvalue weighted by molar-refractivity contribution is 0.484. The van der Waals surface area contributed by atoms with Gasteiger partial charge in [-0.15, -0.1) is 0 Å². The number of benzene rings is 4. The first kappa shape index (κ1) is 15.6. The first-order chi connectivity index (χ1) is 12.0. The molecule has 0 atom stereocenters. The summed E-state index contributed by atoms with van der Waals surface area (Å²) in [6.07, 6.45) is 0. The van der Waals surface area contributed by atoms with E-state index in [9.17, 15) is 13.0 Å². The minimum atomic E-state index is -4.28. The van der Waals surface area contributed by atoms with Gasteiger partial charge in [-0.05, 0) is 35.0 Å². The van der Waals surface area contributed by atoms with Gasteiger partial charge in [0.1, 0.15) is 4.90 Å². The third kappa shape index (κ3) is 2.95. The highest BCUT2D eigenvalue weighted by Crippen LogP contribution is 2.30. The van der Waals surface area contributed by atoms with Crippen molar-refractivity contribution in [2.24, 2.45) is 0 Å². The molecule has 0 radical (unpaired) electrons. The predicted octanol–water partition coefficient (Wildman–Crippen LogP) is 4.98. The SMILES string of the molecule is O=S(=O)(O)c1cccc2ccc(Nc3cccc4ccccc34)cc12. The van der Waals surface area contributed by atoms with Crippen molar-refractivity contribution in [3.05, 3.63) is 78.9 Å². The smallest absolute Gasteiger partial charge is 0.295 e. The Kier molecular flexibility index (Phi) is 3.67. The van der Waals surface area contributed by atoms with E-state index in [1.54, 1.807) is 12.1 Å². The van der Waals surface area contributed by atoms with Gasteiger partial charge in [0.25, 0.3) is 10.1 Å². The molecule has 0 aliphatic rings. The molecule has 4 aromatic carbocycles. The molecule has 0 bridgehead atoms. The van der Waals surface area contributed by atoms with Gasteiger partial charge in [0.15, 0.2) is 0 Å². The Morgan fingerprint density at radius 1 is 0.720 bits per heavy atom. The molecular weight excluding hydrogens is 334 g/mol. The average Bonchev–Trinajstić information content (AvgIpc) is 2.61. The summed E-state index contributed by atoms with van der Waals surface area (Å²) in [5.74, 6) is 0. The van der Waals surface area contributed by atoms with Crippen molar-refractivity contribution < 1.29 is 13.0 Å². The summed E-state index contributed by atoms with van der Waals surface area (Å²) < 4.78 is 32.7. The van der Waals surface area contributed by atoms with E-state index in [0.717, 1.165) is 27.5 Å². The van der Waals surface area contributed by atoms with Crippen molar-refractivity contribution in [2.45, 2.75) is 4.90 Å². The summed E-state index contributed by atoms with van der Waals surface area (Å²) in [7, 11) is -4.28. The fraction of sp³-hybridized carbons (Fsp3) is 0. The van der Waals surface area contributed by atoms with Crippen LogP contribution in [0.1, 0.15) is 0 Å². The van der Waals surface area contributed by atoms with E-state index in [-0.39, 0.29) is 4.90 Å². The summed E-state index contributed by atoms with van der Waals surface area (Å²) >= 11 is 0. The van der Waals surface area contributed by atoms with Gasteiger partial charge < -0.3 is 5.32 Å². The Hall–Kier alpha value is -2.89. The van der Waals surface area contributed by atoms with Gasteiger partial charge in [0, 0.05) is 22.1 Å². The molecule has 0 spiro atoms. The van der Waals surface area contributed by atoms with Gasteiger partial charge in [-0.25, -0.2) is 0 Å². The predicted molar refractivity (Wildman–Crippen MR) is 101 cm³/mol. The molecule has 0 aromatic heterocycles. The van der Waals surface area contributed by atoms with E-state index < -0.39 is 10.1 Å². The quantitative estimate of drug-likeness (QED) is 0.512. The van der Waals surface area contributed by atoms with E-state index in [1.807, 2.05) is 60.7 Å². The van der Waals surface area contributed by atoms with Crippen LogP contribution in [0, 0.1) is 0 Å². The summed E-state index contributed by atoms with van der Waals surface area (Å²) in [4.78, 5) is -0.0911. The first-order valence-corrected chi connectivity index (χ1v) is 9.21. The molecule has 124 valence electrons. The highest BCUT2D eigenvalue weighted by atomic mass is 32.2. The van der Waals surface area contributed by atoms with Crippen LogP contribution >= 0.6 is 0 Å². The molecule has 2 N–H and O–H groups in total. The molecule has 0 heterocycles. The standard InChI is InChI=1S/C20H15NO3S/c22-25(23,24)20-10-4-7-15-11-12-16(13-18(15)20)21-19-9-3-6-14-5-1-2-8-17(14)19/h1-13,21H,(H,22,23,24). The summed E-state index contributed by atoms with van der Waals surface area (Å²) in [5, 5.41) is 6.77. The second kappa shape index (κ2) is 5.88. The zero-order valence-electron chi connectivity index (χ0n) is 13.2. The van der Waals surface area contributed by atoms with Crippen molar-refractivity contribution in [1.82, 2.24) is 0 Å². The van der Waals surface area contributed by atoms with E-state index in [0.29, 0.717) is 5.39 Å². The third-order valence-corrected chi connectivity index (χ3v) is 5.10. The number of hydrogen-bond acceptors (Lipinski definition) is 3. The number of rotatable bonds is 3. The largest absolute Gasteiger partial charge is 0.355 e. The molecule has 5 heteroatoms. The van der Waals surface area contributed by atoms with Crippen molar-refractivity contribution in [3.63, 3.8) is 0 Å². The monoisotopic (exact) mass is 349 g/mol. The van der Waals surface area contributed by atoms with Gasteiger partial charge in [-0.1, -0.05) is 54.6 Å². The van der Waals surface area contributed by atoms with Crippen LogP contribution in [0.5, 0.6) is 0 Å². The third-order valence-electron chi connectivity index (χ3n) is 4.19. The Morgan fingerprint density at radius 3 is 2.20 bits per heavy atom. The van der Waals surface area contributed by atoms with Crippen LogP contribution in [0.3, 0.4) is 0 Å². The molecule has 25 heavy (non-hydrogen) atoms. The van der Waals surface area contributed by atoms with Crippen LogP contribution in [0.4, 0.5) is 11.4 Å². The van der Waals surface area contributed by atoms with Crippen LogP contribution in [-0.2, 0) is 10.1 Å². The molecule has 0 saturated heterocycles. The molecule has 0 aliphatic carbocycles. The van der Waals surface area contributed by atoms with Crippen molar-refractivity contribution >= 4 is 43.0 Å². The molecule has 0 saturated carbocycles. The maximum atomic E-state index is 11.6. The molecule has 4 nitrogen and oxygen atoms in total. The van der Waals surface area contributed by atoms with E-state index in [4.69, 9.17) is 0 Å². The van der Waals surface area contributed by atoms with Crippen LogP contribution in [0.25, 0.3) is 21.5 Å². The molecule has 4 rings (SSSR count). The Balaban J connectivity index is 1.85. The fourth-order valence-electron chi connectivity index (χ4n) is 3.04. The minimum absolute atomic E-state index is 0.0911. The van der Waals surface area contributed by atoms with Gasteiger partial charge in [-0.2, -0.15) is 8.42 Å². The van der Waals surface area contributed by atoms with Gasteiger partial charge in [-0.3, -0.25) is 4.55 Å². The van der Waals surface area contributed by atoms with Crippen LogP contribution in [-0.4, -0.2) is 13.0 Å². The average molecular weight is 349 g/mol. The number of fused-ring (bicyclic) bond motifs is 2. The zero-order valence-corrected chi connectivity index (χ0v) is 14.0. The van der Waals surface area contributed by atoms with Gasteiger partial charge >= 0.3 is 0 Å². The molecule has 0 aliphatic heterocycles. The maximum Gasteiger partial charge on any atom is 0.295 e. The number of anilines is 2. The number of nitrogens with one attached hydrogen (secondary N) is 1. The van der Waals surface area contributed by atoms with Crippen LogP contribution in [0.15, 0.2) is 83.8 Å². The molecule has 0 unspecified atom stereocenters. The Labute approximate surface area is 145 Å². The first-order valence-electron chi connectivity index (χ1n) is 7.77. The second-order valence-corrected chi connectivity index (χ2v) is 7.21. The number of hydrogen-bond donors (Lipinski definition) is 2. The zero-order chi connectivity index (χ0) is 17.4. The highest BCUT2D eigenvalue weighted by Gasteiger charge is 2.14. The summed E-state index contributed by atoms with van der Waals surface area (Å²) in [6.45, 7) is 0. The normalized spacial score (nSPS) is 11.7. The molecule has 0 fully saturated rings. The summed E-state index contributed by atoms with van der Waals surface area (Å²) in [5.41, 5.74) is 1.68. The van der Waals surface area contributed by atoms with E-state index in [2.05, 4.69) is 5.32 Å². The second-order valence-electron chi connectivity index (χ2n) is 5.82. The Bertz CT molecular complexity index is 1190. The lowest BCUT2D eigenvalue weighted by Gasteiger charge is -2.11. The van der Waals surface area contributed by atoms with Gasteiger partial charge in [0.05, 0.1) is 0 Å². The topological polar surface area (TPSA) is 66.4 Å². The highest BCUT2D eigenvalue weighted by molar-refractivity contribution is 7.86. The molecular formula is C20H15NO3S. The van der Waals surface area contributed by atoms with Crippen molar-refractivity contribution in [3.8, 4) is 0 Å². The maximum absolute atomic E-state index is 11.6. The van der Waals surface area contributed by atoms with Crippen LogP contribution < -0.4 is 5.32 Å². The van der Waals surface area contributed by atoms with Crippen LogP contribution in [0.2, 0.25) is 0 Å². The molecule has 4 aromatic rings. The lowest BCUT2D eigenvalue weighted by Crippen LogP contribution is -1.99. The fourth-order valence-corrected chi connectivity index (χ4v) is 3.74. The van der Waals surface area contributed by atoms with E-state index >= 15 is 0 Å². The Morgan fingerprint density at radius 2 is 1.40 bits per heavy atom. The van der Waals surface area contributed by atoms with E-state index in [1.165, 1.54) is 6.07 Å². The minimum Gasteiger partial charge on any atom is -0.355 e. The van der Waals surface area contributed by atoms with Crippen molar-refractivity contribution in [1.29, 1.82) is 0 Å². The lowest BCUT2D eigenvalue weighted by atomic mass is 10.1. The van der Waals surface area contributed by atoms with Gasteiger partial charge in [0.2, 0.25) is 0 Å². The van der Waals surface area contributed by atoms with Crippen molar-refractivity contribution in [2.75, 3.05) is 5.32 Å². The molecule has 0 amide bonds. The summed E-state index contributed by atoms with van der Waals surface area (Å²) in [6, 6.07) is 24.3.